The van der Waals surface area contributed by atoms with E-state index < -0.39 is 5.97 Å². The zero-order valence-electron chi connectivity index (χ0n) is 11.7. The third-order valence-corrected chi connectivity index (χ3v) is 3.04. The number of carboxylic acids is 1. The smallest absolute Gasteiger partial charge is 0.303 e. The van der Waals surface area contributed by atoms with Gasteiger partial charge in [-0.1, -0.05) is 13.8 Å². The van der Waals surface area contributed by atoms with Crippen LogP contribution in [0.15, 0.2) is 10.5 Å². The molecule has 1 aromatic rings. The predicted molar refractivity (Wildman–Crippen MR) is 71.3 cm³/mol. The van der Waals surface area contributed by atoms with Gasteiger partial charge < -0.3 is 14.4 Å². The van der Waals surface area contributed by atoms with E-state index in [2.05, 4.69) is 0 Å². The summed E-state index contributed by atoms with van der Waals surface area (Å²) in [5.74, 6) is 0.150. The summed E-state index contributed by atoms with van der Waals surface area (Å²) in [6.07, 6.45) is 2.11. The van der Waals surface area contributed by atoms with Crippen molar-refractivity contribution in [2.45, 2.75) is 39.5 Å². The molecule has 1 N–H and O–H groups in total. The summed E-state index contributed by atoms with van der Waals surface area (Å²) in [7, 11) is 1.66. The van der Waals surface area contributed by atoms with E-state index in [1.165, 1.54) is 4.90 Å². The first-order valence-corrected chi connectivity index (χ1v) is 6.58. The highest BCUT2D eigenvalue weighted by Crippen LogP contribution is 2.18. The number of amides is 1. The molecule has 0 saturated heterocycles. The van der Waals surface area contributed by atoms with Gasteiger partial charge in [0.05, 0.1) is 0 Å². The fraction of sp³-hybridized carbons (Fsp3) is 0.571. The topological polar surface area (TPSA) is 70.8 Å². The van der Waals surface area contributed by atoms with Gasteiger partial charge in [0.15, 0.2) is 5.76 Å². The monoisotopic (exact) mass is 267 g/mol. The molecule has 5 heteroatoms. The molecule has 1 heterocycles. The standard InChI is InChI=1S/C14H21NO4/c1-4-10-9-12(19-11(10)5-2)14(18)15(3)8-6-7-13(16)17/h9H,4-8H2,1-3H3,(H,16,17). The van der Waals surface area contributed by atoms with E-state index in [-0.39, 0.29) is 12.3 Å². The molecular weight excluding hydrogens is 246 g/mol. The largest absolute Gasteiger partial charge is 0.481 e. The summed E-state index contributed by atoms with van der Waals surface area (Å²) < 4.78 is 5.56. The van der Waals surface area contributed by atoms with E-state index in [0.717, 1.165) is 24.2 Å². The minimum absolute atomic E-state index is 0.0657. The summed E-state index contributed by atoms with van der Waals surface area (Å²) in [6, 6.07) is 1.79. The van der Waals surface area contributed by atoms with Crippen LogP contribution in [0.5, 0.6) is 0 Å². The Morgan fingerprint density at radius 1 is 1.32 bits per heavy atom. The van der Waals surface area contributed by atoms with E-state index in [1.54, 1.807) is 13.1 Å². The predicted octanol–water partition coefficient (Wildman–Crippen LogP) is 2.34. The highest BCUT2D eigenvalue weighted by molar-refractivity contribution is 5.91. The normalized spacial score (nSPS) is 10.5. The molecule has 0 aliphatic carbocycles. The molecule has 19 heavy (non-hydrogen) atoms. The van der Waals surface area contributed by atoms with Gasteiger partial charge in [-0.3, -0.25) is 9.59 Å². The van der Waals surface area contributed by atoms with Gasteiger partial charge in [-0.25, -0.2) is 0 Å². The number of carbonyl (C=O) groups is 2. The van der Waals surface area contributed by atoms with Crippen molar-refractivity contribution in [3.05, 3.63) is 23.2 Å². The number of hydrogen-bond acceptors (Lipinski definition) is 3. The van der Waals surface area contributed by atoms with Crippen molar-refractivity contribution in [2.24, 2.45) is 0 Å². The van der Waals surface area contributed by atoms with E-state index >= 15 is 0 Å². The molecule has 0 spiro atoms. The molecule has 0 atom stereocenters. The number of carboxylic acid groups (broad SMARTS) is 1. The van der Waals surface area contributed by atoms with E-state index in [9.17, 15) is 9.59 Å². The van der Waals surface area contributed by atoms with Crippen molar-refractivity contribution in [3.8, 4) is 0 Å². The quantitative estimate of drug-likeness (QED) is 0.823. The van der Waals surface area contributed by atoms with Crippen LogP contribution in [0.1, 0.15) is 48.6 Å². The zero-order valence-corrected chi connectivity index (χ0v) is 11.7. The zero-order chi connectivity index (χ0) is 14.4. The lowest BCUT2D eigenvalue weighted by Crippen LogP contribution is -2.27. The Balaban J connectivity index is 2.65. The lowest BCUT2D eigenvalue weighted by molar-refractivity contribution is -0.137. The Kier molecular flexibility index (Phi) is 5.60. The minimum atomic E-state index is -0.847. The summed E-state index contributed by atoms with van der Waals surface area (Å²) in [4.78, 5) is 24.0. The van der Waals surface area contributed by atoms with Crippen molar-refractivity contribution in [1.29, 1.82) is 0 Å². The minimum Gasteiger partial charge on any atom is -0.481 e. The van der Waals surface area contributed by atoms with Crippen LogP contribution in [-0.2, 0) is 17.6 Å². The lowest BCUT2D eigenvalue weighted by Gasteiger charge is -2.14. The lowest BCUT2D eigenvalue weighted by atomic mass is 10.1. The average molecular weight is 267 g/mol. The van der Waals surface area contributed by atoms with Crippen LogP contribution in [-0.4, -0.2) is 35.5 Å². The summed E-state index contributed by atoms with van der Waals surface area (Å²) in [5, 5.41) is 8.56. The van der Waals surface area contributed by atoms with Crippen LogP contribution >= 0.6 is 0 Å². The van der Waals surface area contributed by atoms with E-state index in [1.807, 2.05) is 13.8 Å². The maximum atomic E-state index is 12.1. The third kappa shape index (κ3) is 4.12. The highest BCUT2D eigenvalue weighted by atomic mass is 16.4. The van der Waals surface area contributed by atoms with Gasteiger partial charge in [-0.05, 0) is 24.5 Å². The first-order valence-electron chi connectivity index (χ1n) is 6.58. The summed E-state index contributed by atoms with van der Waals surface area (Å²) in [5.41, 5.74) is 1.06. The molecule has 5 nitrogen and oxygen atoms in total. The molecule has 106 valence electrons. The fourth-order valence-electron chi connectivity index (χ4n) is 1.93. The molecule has 0 aliphatic heterocycles. The fourth-order valence-corrected chi connectivity index (χ4v) is 1.93. The highest BCUT2D eigenvalue weighted by Gasteiger charge is 2.18. The number of aryl methyl sites for hydroxylation is 2. The Labute approximate surface area is 113 Å². The van der Waals surface area contributed by atoms with Crippen LogP contribution < -0.4 is 0 Å². The van der Waals surface area contributed by atoms with Gasteiger partial charge in [0.1, 0.15) is 5.76 Å². The van der Waals surface area contributed by atoms with E-state index in [0.29, 0.717) is 18.7 Å². The molecule has 1 aromatic heterocycles. The van der Waals surface area contributed by atoms with Crippen molar-refractivity contribution >= 4 is 11.9 Å². The van der Waals surface area contributed by atoms with Gasteiger partial charge in [-0.15, -0.1) is 0 Å². The molecule has 0 aromatic carbocycles. The molecule has 1 rings (SSSR count). The van der Waals surface area contributed by atoms with Crippen molar-refractivity contribution in [2.75, 3.05) is 13.6 Å². The van der Waals surface area contributed by atoms with Gasteiger partial charge in [0.25, 0.3) is 5.91 Å². The van der Waals surface area contributed by atoms with Crippen molar-refractivity contribution in [1.82, 2.24) is 4.90 Å². The number of furan rings is 1. The Hall–Kier alpha value is -1.78. The summed E-state index contributed by atoms with van der Waals surface area (Å²) in [6.45, 7) is 4.42. The maximum absolute atomic E-state index is 12.1. The second-order valence-corrected chi connectivity index (χ2v) is 4.49. The molecule has 0 saturated carbocycles. The molecule has 0 fully saturated rings. The molecule has 0 aliphatic rings. The Bertz CT molecular complexity index is 429. The first-order chi connectivity index (χ1) is 8.99. The molecule has 0 bridgehead atoms. The molecule has 0 radical (unpaired) electrons. The number of carbonyl (C=O) groups excluding carboxylic acids is 1. The van der Waals surface area contributed by atoms with Gasteiger partial charge >= 0.3 is 5.97 Å². The molecule has 1 amide bonds. The maximum Gasteiger partial charge on any atom is 0.303 e. The Morgan fingerprint density at radius 3 is 2.47 bits per heavy atom. The second kappa shape index (κ2) is 6.97. The number of rotatable bonds is 7. The van der Waals surface area contributed by atoms with Crippen LogP contribution in [0.2, 0.25) is 0 Å². The Morgan fingerprint density at radius 2 is 2.00 bits per heavy atom. The third-order valence-electron chi connectivity index (χ3n) is 3.04. The van der Waals surface area contributed by atoms with E-state index in [4.69, 9.17) is 9.52 Å². The van der Waals surface area contributed by atoms with Crippen LogP contribution in [0.4, 0.5) is 0 Å². The number of aliphatic carboxylic acids is 1. The summed E-state index contributed by atoms with van der Waals surface area (Å²) >= 11 is 0. The van der Waals surface area contributed by atoms with Crippen LogP contribution in [0.25, 0.3) is 0 Å². The van der Waals surface area contributed by atoms with Gasteiger partial charge in [-0.2, -0.15) is 0 Å². The van der Waals surface area contributed by atoms with Gasteiger partial charge in [0, 0.05) is 26.4 Å². The first kappa shape index (κ1) is 15.3. The molecular formula is C14H21NO4. The number of nitrogens with zero attached hydrogens (tertiary/aromatic N) is 1. The average Bonchev–Trinajstić information content (AvgIpc) is 2.80. The van der Waals surface area contributed by atoms with Crippen LogP contribution in [0.3, 0.4) is 0 Å². The SMILES string of the molecule is CCc1cc(C(=O)N(C)CCCC(=O)O)oc1CC. The number of hydrogen-bond donors (Lipinski definition) is 1. The van der Waals surface area contributed by atoms with Crippen molar-refractivity contribution in [3.63, 3.8) is 0 Å². The van der Waals surface area contributed by atoms with Gasteiger partial charge in [0.2, 0.25) is 0 Å². The molecule has 0 unspecified atom stereocenters. The van der Waals surface area contributed by atoms with Crippen molar-refractivity contribution < 1.29 is 19.1 Å². The second-order valence-electron chi connectivity index (χ2n) is 4.49. The van der Waals surface area contributed by atoms with Crippen LogP contribution in [0, 0.1) is 0 Å².